The summed E-state index contributed by atoms with van der Waals surface area (Å²) in [4.78, 5) is 38.4. The molecule has 1 amide bonds. The maximum absolute atomic E-state index is 13.0. The minimum Gasteiger partial charge on any atom is -0.494 e. The molecule has 0 unspecified atom stereocenters. The minimum atomic E-state index is -0.853. The molecular formula is C34H39NO7. The lowest BCUT2D eigenvalue weighted by Gasteiger charge is -2.22. The number of aryl methyl sites for hydroxylation is 1. The lowest BCUT2D eigenvalue weighted by atomic mass is 10.1. The van der Waals surface area contributed by atoms with E-state index in [2.05, 4.69) is 17.4 Å². The highest BCUT2D eigenvalue weighted by molar-refractivity contribution is 6.05. The Labute approximate surface area is 247 Å². The van der Waals surface area contributed by atoms with Crippen LogP contribution in [0, 0.1) is 0 Å². The molecule has 0 aliphatic rings. The van der Waals surface area contributed by atoms with Gasteiger partial charge in [-0.15, -0.1) is 0 Å². The summed E-state index contributed by atoms with van der Waals surface area (Å²) in [7, 11) is 0. The molecule has 8 nitrogen and oxygen atoms in total. The van der Waals surface area contributed by atoms with Gasteiger partial charge in [0, 0.05) is 5.56 Å². The van der Waals surface area contributed by atoms with Gasteiger partial charge in [-0.3, -0.25) is 4.79 Å². The summed E-state index contributed by atoms with van der Waals surface area (Å²) >= 11 is 0. The smallest absolute Gasteiger partial charge is 0.375 e. The van der Waals surface area contributed by atoms with Gasteiger partial charge in [-0.2, -0.15) is 0 Å². The summed E-state index contributed by atoms with van der Waals surface area (Å²) < 4.78 is 22.4. The van der Waals surface area contributed by atoms with Crippen molar-refractivity contribution in [1.29, 1.82) is 0 Å². The van der Waals surface area contributed by atoms with Crippen molar-refractivity contribution < 1.29 is 33.3 Å². The molecule has 0 aliphatic heterocycles. The molecule has 3 rings (SSSR count). The van der Waals surface area contributed by atoms with Crippen LogP contribution in [-0.2, 0) is 25.5 Å². The summed E-state index contributed by atoms with van der Waals surface area (Å²) in [5.41, 5.74) is 0.344. The average molecular weight is 574 g/mol. The van der Waals surface area contributed by atoms with Crippen molar-refractivity contribution in [3.63, 3.8) is 0 Å². The molecule has 3 aromatic carbocycles. The molecule has 0 radical (unpaired) electrons. The summed E-state index contributed by atoms with van der Waals surface area (Å²) in [6.45, 7) is 10.8. The summed E-state index contributed by atoms with van der Waals surface area (Å²) in [5.74, 6) is -1.59. The topological polar surface area (TPSA) is 100 Å². The first-order valence-electron chi connectivity index (χ1n) is 13.8. The predicted octanol–water partition coefficient (Wildman–Crippen LogP) is 6.90. The number of carbonyl (C=O) groups is 3. The van der Waals surface area contributed by atoms with Gasteiger partial charge in [0.15, 0.2) is 5.75 Å². The molecule has 222 valence electrons. The van der Waals surface area contributed by atoms with Gasteiger partial charge < -0.3 is 24.3 Å². The molecule has 0 saturated carbocycles. The van der Waals surface area contributed by atoms with Gasteiger partial charge in [0.25, 0.3) is 5.91 Å². The Kier molecular flexibility index (Phi) is 10.9. The number of hydrogen-bond acceptors (Lipinski definition) is 7. The van der Waals surface area contributed by atoms with Crippen LogP contribution in [0.3, 0.4) is 0 Å². The molecule has 42 heavy (non-hydrogen) atoms. The van der Waals surface area contributed by atoms with E-state index in [1.54, 1.807) is 90.1 Å². The fraction of sp³-hybridized carbons (Fsp3) is 0.324. The van der Waals surface area contributed by atoms with Crippen molar-refractivity contribution in [2.45, 2.75) is 65.6 Å². The summed E-state index contributed by atoms with van der Waals surface area (Å²) in [6.07, 6.45) is 2.73. The molecule has 0 saturated heterocycles. The van der Waals surface area contributed by atoms with Crippen molar-refractivity contribution in [3.8, 4) is 11.5 Å². The van der Waals surface area contributed by atoms with Crippen LogP contribution in [0.1, 0.15) is 63.9 Å². The zero-order valence-electron chi connectivity index (χ0n) is 25.1. The van der Waals surface area contributed by atoms with Crippen LogP contribution in [0.25, 0.3) is 0 Å². The van der Waals surface area contributed by atoms with Crippen LogP contribution in [0.15, 0.2) is 90.7 Å². The van der Waals surface area contributed by atoms with Crippen molar-refractivity contribution in [2.75, 3.05) is 11.9 Å². The number of nitrogens with one attached hydrogen (secondary N) is 1. The van der Waals surface area contributed by atoms with Crippen LogP contribution in [0.2, 0.25) is 0 Å². The molecule has 0 aromatic heterocycles. The van der Waals surface area contributed by atoms with E-state index in [1.165, 1.54) is 5.56 Å². The SMILES string of the molecule is CC(C)(C)OC(=O)/C=C(/Oc1ccccc1NC(=O)c1ccc(OCCCc2ccccc2)cc1)C(=O)OC(C)(C)C. The second kappa shape index (κ2) is 14.3. The number of anilines is 1. The number of hydrogen-bond donors (Lipinski definition) is 1. The fourth-order valence-corrected chi connectivity index (χ4v) is 3.68. The third-order valence-electron chi connectivity index (χ3n) is 5.45. The second-order valence-electron chi connectivity index (χ2n) is 11.6. The molecule has 0 heterocycles. The fourth-order valence-electron chi connectivity index (χ4n) is 3.68. The Morgan fingerprint density at radius 2 is 1.38 bits per heavy atom. The Hall–Kier alpha value is -4.59. The Morgan fingerprint density at radius 3 is 2.02 bits per heavy atom. The molecular weight excluding hydrogens is 534 g/mol. The van der Waals surface area contributed by atoms with E-state index in [9.17, 15) is 14.4 Å². The van der Waals surface area contributed by atoms with Crippen molar-refractivity contribution in [3.05, 3.63) is 102 Å². The Bertz CT molecular complexity index is 1380. The average Bonchev–Trinajstić information content (AvgIpc) is 2.90. The Morgan fingerprint density at radius 1 is 0.762 bits per heavy atom. The molecule has 0 fully saturated rings. The van der Waals surface area contributed by atoms with Crippen molar-refractivity contribution >= 4 is 23.5 Å². The van der Waals surface area contributed by atoms with Gasteiger partial charge in [-0.25, -0.2) is 9.59 Å². The highest BCUT2D eigenvalue weighted by Gasteiger charge is 2.25. The normalized spacial score (nSPS) is 11.8. The van der Waals surface area contributed by atoms with E-state index in [0.717, 1.165) is 18.9 Å². The van der Waals surface area contributed by atoms with E-state index < -0.39 is 29.0 Å². The first-order chi connectivity index (χ1) is 19.8. The lowest BCUT2D eigenvalue weighted by Crippen LogP contribution is -2.28. The quantitative estimate of drug-likeness (QED) is 0.115. The van der Waals surface area contributed by atoms with E-state index in [1.807, 2.05) is 18.2 Å². The Balaban J connectivity index is 1.68. The number of amides is 1. The van der Waals surface area contributed by atoms with Gasteiger partial charge in [0.1, 0.15) is 17.0 Å². The standard InChI is InChI=1S/C34H39NO7/c1-33(2,3)41-30(36)23-29(32(38)42-34(4,5)6)40-28-17-11-10-16-27(28)35-31(37)25-18-20-26(21-19-25)39-22-12-15-24-13-8-7-9-14-24/h7-11,13-14,16-21,23H,12,15,22H2,1-6H3,(H,35,37)/b29-23+. The lowest BCUT2D eigenvalue weighted by molar-refractivity contribution is -0.154. The monoisotopic (exact) mass is 573 g/mol. The van der Waals surface area contributed by atoms with Crippen LogP contribution in [0.5, 0.6) is 11.5 Å². The van der Waals surface area contributed by atoms with Crippen LogP contribution in [-0.4, -0.2) is 35.7 Å². The highest BCUT2D eigenvalue weighted by Crippen LogP contribution is 2.28. The van der Waals surface area contributed by atoms with E-state index >= 15 is 0 Å². The summed E-state index contributed by atoms with van der Waals surface area (Å²) in [6, 6.07) is 23.6. The number of benzene rings is 3. The maximum Gasteiger partial charge on any atom is 0.375 e. The van der Waals surface area contributed by atoms with Crippen LogP contribution in [0.4, 0.5) is 5.69 Å². The number of ether oxygens (including phenoxy) is 4. The van der Waals surface area contributed by atoms with Gasteiger partial charge >= 0.3 is 11.9 Å². The van der Waals surface area contributed by atoms with E-state index in [4.69, 9.17) is 18.9 Å². The van der Waals surface area contributed by atoms with Crippen molar-refractivity contribution in [1.82, 2.24) is 0 Å². The molecule has 0 atom stereocenters. The number of carbonyl (C=O) groups excluding carboxylic acids is 3. The van der Waals surface area contributed by atoms with Crippen LogP contribution >= 0.6 is 0 Å². The van der Waals surface area contributed by atoms with Gasteiger partial charge in [0.05, 0.1) is 18.4 Å². The first-order valence-corrected chi connectivity index (χ1v) is 13.8. The maximum atomic E-state index is 13.0. The minimum absolute atomic E-state index is 0.143. The third-order valence-corrected chi connectivity index (χ3v) is 5.45. The second-order valence-corrected chi connectivity index (χ2v) is 11.6. The van der Waals surface area contributed by atoms with Crippen LogP contribution < -0.4 is 14.8 Å². The van der Waals surface area contributed by atoms with E-state index in [-0.39, 0.29) is 11.5 Å². The first kappa shape index (κ1) is 31.9. The third kappa shape index (κ3) is 11.1. The number of esters is 2. The van der Waals surface area contributed by atoms with E-state index in [0.29, 0.717) is 23.6 Å². The van der Waals surface area contributed by atoms with Gasteiger partial charge in [0.2, 0.25) is 5.76 Å². The zero-order chi connectivity index (χ0) is 30.8. The zero-order valence-corrected chi connectivity index (χ0v) is 25.1. The van der Waals surface area contributed by atoms with Gasteiger partial charge in [-0.05, 0) is 96.3 Å². The van der Waals surface area contributed by atoms with Crippen molar-refractivity contribution in [2.24, 2.45) is 0 Å². The number of para-hydroxylation sites is 2. The molecule has 1 N–H and O–H groups in total. The molecule has 0 bridgehead atoms. The molecule has 0 spiro atoms. The van der Waals surface area contributed by atoms with Gasteiger partial charge in [-0.1, -0.05) is 42.5 Å². The molecule has 0 aliphatic carbocycles. The molecule has 3 aromatic rings. The molecule has 8 heteroatoms. The predicted molar refractivity (Wildman–Crippen MR) is 161 cm³/mol. The number of rotatable bonds is 11. The largest absolute Gasteiger partial charge is 0.494 e. The summed E-state index contributed by atoms with van der Waals surface area (Å²) in [5, 5.41) is 2.80. The highest BCUT2D eigenvalue weighted by atomic mass is 16.6.